The minimum absolute atomic E-state index is 0.912. The summed E-state index contributed by atoms with van der Waals surface area (Å²) in [6.07, 6.45) is 0. The van der Waals surface area contributed by atoms with Crippen LogP contribution in [0.15, 0.2) is 211 Å². The van der Waals surface area contributed by atoms with Crippen LogP contribution in [0.3, 0.4) is 0 Å². The summed E-state index contributed by atoms with van der Waals surface area (Å²) in [4.78, 5) is 0. The van der Waals surface area contributed by atoms with E-state index in [-0.39, 0.29) is 0 Å². The van der Waals surface area contributed by atoms with Crippen molar-refractivity contribution in [1.82, 2.24) is 0 Å². The molecule has 0 unspecified atom stereocenters. The van der Waals surface area contributed by atoms with Gasteiger partial charge in [0, 0.05) is 30.9 Å². The van der Waals surface area contributed by atoms with Gasteiger partial charge in [-0.25, -0.2) is 0 Å². The molecule has 0 N–H and O–H groups in total. The van der Waals surface area contributed by atoms with Crippen molar-refractivity contribution in [3.8, 4) is 44.5 Å². The Bertz CT molecular complexity index is 3770. The van der Waals surface area contributed by atoms with Crippen molar-refractivity contribution in [2.45, 2.75) is 0 Å². The fourth-order valence-electron chi connectivity index (χ4n) is 10.2. The van der Waals surface area contributed by atoms with E-state index in [0.717, 1.165) is 21.9 Å². The summed E-state index contributed by atoms with van der Waals surface area (Å²) in [5.41, 5.74) is 11.8. The van der Waals surface area contributed by atoms with Crippen LogP contribution in [0.4, 0.5) is 0 Å². The van der Waals surface area contributed by atoms with E-state index >= 15 is 0 Å². The van der Waals surface area contributed by atoms with Crippen LogP contribution in [0.5, 0.6) is 0 Å². The first-order valence-corrected chi connectivity index (χ1v) is 21.4. The fraction of sp³-hybridized carbons (Fsp3) is 0. The number of fused-ring (bicyclic) bond motifs is 10. The van der Waals surface area contributed by atoms with Crippen molar-refractivity contribution in [3.05, 3.63) is 206 Å². The number of hydrogen-bond donors (Lipinski definition) is 0. The number of para-hydroxylation sites is 1. The summed E-state index contributed by atoms with van der Waals surface area (Å²) < 4.78 is 8.98. The summed E-state index contributed by atoms with van der Waals surface area (Å²) in [6, 6.07) is 75.7. The van der Waals surface area contributed by atoms with Gasteiger partial charge in [-0.3, -0.25) is 0 Å². The third kappa shape index (κ3) is 4.86. The Kier molecular flexibility index (Phi) is 7.24. The average molecular weight is 779 g/mol. The van der Waals surface area contributed by atoms with Crippen molar-refractivity contribution in [2.75, 3.05) is 0 Å². The van der Waals surface area contributed by atoms with E-state index in [1.54, 1.807) is 0 Å². The van der Waals surface area contributed by atoms with Crippen LogP contribution in [-0.4, -0.2) is 0 Å². The van der Waals surface area contributed by atoms with Crippen molar-refractivity contribution < 1.29 is 4.42 Å². The molecule has 0 saturated carbocycles. The smallest absolute Gasteiger partial charge is 0.136 e. The maximum atomic E-state index is 6.39. The molecule has 0 spiro atoms. The molecule has 11 aromatic carbocycles. The van der Waals surface area contributed by atoms with Crippen LogP contribution in [0.25, 0.3) is 130 Å². The minimum Gasteiger partial charge on any atom is -0.456 e. The molecule has 2 heterocycles. The highest BCUT2D eigenvalue weighted by molar-refractivity contribution is 7.25. The lowest BCUT2D eigenvalue weighted by Crippen LogP contribution is -1.91. The molecule has 13 rings (SSSR count). The summed E-state index contributed by atoms with van der Waals surface area (Å²) in [5.74, 6) is 0. The Labute approximate surface area is 350 Å². The molecule has 0 radical (unpaired) electrons. The molecule has 0 fully saturated rings. The summed E-state index contributed by atoms with van der Waals surface area (Å²) in [7, 11) is 0. The first-order chi connectivity index (χ1) is 29.8. The zero-order valence-electron chi connectivity index (χ0n) is 32.4. The quantitative estimate of drug-likeness (QED) is 0.162. The van der Waals surface area contributed by atoms with Gasteiger partial charge in [0.15, 0.2) is 0 Å². The predicted octanol–water partition coefficient (Wildman–Crippen LogP) is 17.2. The summed E-state index contributed by atoms with van der Waals surface area (Å²) in [5, 5.41) is 15.0. The molecular weight excluding hydrogens is 745 g/mol. The van der Waals surface area contributed by atoms with Gasteiger partial charge in [0.1, 0.15) is 11.2 Å². The Balaban J connectivity index is 1.02. The molecule has 0 aliphatic rings. The van der Waals surface area contributed by atoms with E-state index in [1.807, 2.05) is 17.4 Å². The van der Waals surface area contributed by atoms with Crippen LogP contribution in [0.2, 0.25) is 0 Å². The van der Waals surface area contributed by atoms with Crippen LogP contribution < -0.4 is 0 Å². The predicted molar refractivity (Wildman–Crippen MR) is 258 cm³/mol. The minimum atomic E-state index is 0.912. The molecule has 2 aromatic heterocycles. The molecule has 1 nitrogen and oxygen atoms in total. The molecule has 0 saturated heterocycles. The Morgan fingerprint density at radius 1 is 0.267 bits per heavy atom. The van der Waals surface area contributed by atoms with E-state index in [0.29, 0.717) is 0 Å². The third-order valence-electron chi connectivity index (χ3n) is 12.6. The Hall–Kier alpha value is -7.52. The van der Waals surface area contributed by atoms with Gasteiger partial charge >= 0.3 is 0 Å². The van der Waals surface area contributed by atoms with Crippen molar-refractivity contribution >= 4 is 96.5 Å². The second-order valence-corrected chi connectivity index (χ2v) is 16.9. The zero-order chi connectivity index (χ0) is 39.3. The van der Waals surface area contributed by atoms with Gasteiger partial charge in [0.25, 0.3) is 0 Å². The molecule has 278 valence electrons. The molecule has 2 heteroatoms. The maximum absolute atomic E-state index is 6.39. The van der Waals surface area contributed by atoms with E-state index in [9.17, 15) is 0 Å². The molecule has 0 bridgehead atoms. The lowest BCUT2D eigenvalue weighted by molar-refractivity contribution is 0.669. The van der Waals surface area contributed by atoms with Crippen molar-refractivity contribution in [3.63, 3.8) is 0 Å². The monoisotopic (exact) mass is 778 g/mol. The Morgan fingerprint density at radius 2 is 0.733 bits per heavy atom. The fourth-order valence-corrected chi connectivity index (χ4v) is 11.3. The SMILES string of the molecule is c1ccc(-c2c3ccccc3c(-c3ccc4c(c3)sc3ccc(-c5c6ccccc6c(-c6cccc7oc8ccccc8c67)c6ccccc56)cc34)c3ccccc23)cc1. The highest BCUT2D eigenvalue weighted by Gasteiger charge is 2.22. The molecule has 0 atom stereocenters. The average Bonchev–Trinajstić information content (AvgIpc) is 3.88. The molecule has 0 amide bonds. The first-order valence-electron chi connectivity index (χ1n) is 20.6. The normalized spacial score (nSPS) is 12.0. The van der Waals surface area contributed by atoms with Gasteiger partial charge in [-0.05, 0) is 118 Å². The summed E-state index contributed by atoms with van der Waals surface area (Å²) in [6.45, 7) is 0. The van der Waals surface area contributed by atoms with Crippen LogP contribution in [-0.2, 0) is 0 Å². The maximum Gasteiger partial charge on any atom is 0.136 e. The third-order valence-corrected chi connectivity index (χ3v) is 13.8. The lowest BCUT2D eigenvalue weighted by atomic mass is 9.84. The topological polar surface area (TPSA) is 13.1 Å². The van der Waals surface area contributed by atoms with Gasteiger partial charge in [-0.2, -0.15) is 0 Å². The lowest BCUT2D eigenvalue weighted by Gasteiger charge is -2.18. The second-order valence-electron chi connectivity index (χ2n) is 15.8. The van der Waals surface area contributed by atoms with E-state index in [4.69, 9.17) is 4.42 Å². The standard InChI is InChI=1S/C58H34OS/c1-2-15-35(16-3-1)54-39-17-4-6-19-41(39)56(42-20-7-5-18-40(42)54)37-29-31-38-49-33-36(30-32-52(49)60-53(38)34-37)55-43-21-8-10-23-45(43)57(46-24-11-9-22-44(46)55)48-26-14-28-51-58(48)47-25-12-13-27-50(47)59-51/h1-34H. The van der Waals surface area contributed by atoms with Gasteiger partial charge in [-0.15, -0.1) is 11.3 Å². The van der Waals surface area contributed by atoms with Crippen LogP contribution >= 0.6 is 11.3 Å². The zero-order valence-corrected chi connectivity index (χ0v) is 33.3. The van der Waals surface area contributed by atoms with E-state index in [1.165, 1.54) is 108 Å². The molecular formula is C58H34OS. The number of hydrogen-bond acceptors (Lipinski definition) is 2. The largest absolute Gasteiger partial charge is 0.456 e. The van der Waals surface area contributed by atoms with E-state index in [2.05, 4.69) is 200 Å². The van der Waals surface area contributed by atoms with Crippen molar-refractivity contribution in [2.24, 2.45) is 0 Å². The Morgan fingerprint density at radius 3 is 1.33 bits per heavy atom. The highest BCUT2D eigenvalue weighted by Crippen LogP contribution is 2.49. The molecule has 0 aliphatic carbocycles. The van der Waals surface area contributed by atoms with Gasteiger partial charge in [0.2, 0.25) is 0 Å². The van der Waals surface area contributed by atoms with Gasteiger partial charge in [0.05, 0.1) is 0 Å². The second kappa shape index (κ2) is 13.0. The van der Waals surface area contributed by atoms with Crippen LogP contribution in [0.1, 0.15) is 0 Å². The first kappa shape index (κ1) is 33.5. The highest BCUT2D eigenvalue weighted by atomic mass is 32.1. The number of furan rings is 1. The molecule has 13 aromatic rings. The molecule has 0 aliphatic heterocycles. The van der Waals surface area contributed by atoms with Gasteiger partial charge < -0.3 is 4.42 Å². The van der Waals surface area contributed by atoms with Crippen molar-refractivity contribution in [1.29, 1.82) is 0 Å². The summed E-state index contributed by atoms with van der Waals surface area (Å²) >= 11 is 1.89. The van der Waals surface area contributed by atoms with Gasteiger partial charge in [-0.1, -0.05) is 176 Å². The van der Waals surface area contributed by atoms with Crippen LogP contribution in [0, 0.1) is 0 Å². The number of benzene rings is 11. The molecule has 60 heavy (non-hydrogen) atoms. The number of rotatable bonds is 4. The van der Waals surface area contributed by atoms with E-state index < -0.39 is 0 Å². The number of thiophene rings is 1.